The highest BCUT2D eigenvalue weighted by molar-refractivity contribution is 5.95. The van der Waals surface area contributed by atoms with Crippen molar-refractivity contribution >= 4 is 28.2 Å². The first-order chi connectivity index (χ1) is 19.0. The van der Waals surface area contributed by atoms with Crippen LogP contribution in [-0.2, 0) is 4.74 Å². The normalized spacial score (nSPS) is 26.3. The van der Waals surface area contributed by atoms with Crippen LogP contribution in [0.25, 0.3) is 10.9 Å². The average molecular weight is 531 g/mol. The SMILES string of the molecule is CC1CN(c2ccc(C#N)c3ncccc23)CC(CN2CCN(c3cccc(N4CC(N)C(F)C4)n3)CC2)O1. The first-order valence-electron chi connectivity index (χ1n) is 13.8. The van der Waals surface area contributed by atoms with Crippen LogP contribution in [0.1, 0.15) is 12.5 Å². The molecule has 39 heavy (non-hydrogen) atoms. The summed E-state index contributed by atoms with van der Waals surface area (Å²) in [4.78, 5) is 18.4. The number of benzene rings is 1. The summed E-state index contributed by atoms with van der Waals surface area (Å²) >= 11 is 0. The van der Waals surface area contributed by atoms with E-state index in [9.17, 15) is 9.65 Å². The number of hydrogen-bond acceptors (Lipinski definition) is 9. The van der Waals surface area contributed by atoms with E-state index in [-0.39, 0.29) is 12.2 Å². The molecule has 5 heterocycles. The van der Waals surface area contributed by atoms with E-state index >= 15 is 0 Å². The van der Waals surface area contributed by atoms with E-state index in [2.05, 4.69) is 32.7 Å². The number of fused-ring (bicyclic) bond motifs is 1. The van der Waals surface area contributed by atoms with Crippen LogP contribution in [0.4, 0.5) is 21.7 Å². The molecule has 0 aliphatic carbocycles. The van der Waals surface area contributed by atoms with Gasteiger partial charge in [-0.3, -0.25) is 9.88 Å². The summed E-state index contributed by atoms with van der Waals surface area (Å²) in [6, 6.07) is 15.7. The van der Waals surface area contributed by atoms with Gasteiger partial charge in [0.05, 0.1) is 35.9 Å². The molecule has 4 unspecified atom stereocenters. The number of alkyl halides is 1. The number of nitrogens with zero attached hydrogens (tertiary/aromatic N) is 7. The fourth-order valence-corrected chi connectivity index (χ4v) is 6.05. The number of morpholine rings is 1. The molecule has 10 heteroatoms. The van der Waals surface area contributed by atoms with E-state index in [0.717, 1.165) is 74.0 Å². The molecular weight excluding hydrogens is 495 g/mol. The van der Waals surface area contributed by atoms with Crippen molar-refractivity contribution in [1.29, 1.82) is 5.26 Å². The molecule has 0 radical (unpaired) electrons. The number of nitriles is 1. The maximum Gasteiger partial charge on any atom is 0.134 e. The number of piperazine rings is 1. The van der Waals surface area contributed by atoms with Crippen molar-refractivity contribution in [2.75, 3.05) is 73.6 Å². The van der Waals surface area contributed by atoms with Crippen LogP contribution in [0.5, 0.6) is 0 Å². The zero-order valence-corrected chi connectivity index (χ0v) is 22.3. The summed E-state index contributed by atoms with van der Waals surface area (Å²) in [5, 5.41) is 10.5. The first-order valence-corrected chi connectivity index (χ1v) is 13.8. The minimum absolute atomic E-state index is 0.0807. The number of pyridine rings is 2. The number of halogens is 1. The Morgan fingerprint density at radius 1 is 0.974 bits per heavy atom. The number of aromatic nitrogens is 2. The fraction of sp³-hybridized carbons (Fsp3) is 0.483. The summed E-state index contributed by atoms with van der Waals surface area (Å²) < 4.78 is 20.3. The van der Waals surface area contributed by atoms with Gasteiger partial charge in [0.1, 0.15) is 23.9 Å². The van der Waals surface area contributed by atoms with Gasteiger partial charge >= 0.3 is 0 Å². The van der Waals surface area contributed by atoms with E-state index < -0.39 is 12.2 Å². The summed E-state index contributed by atoms with van der Waals surface area (Å²) in [5.74, 6) is 1.72. The molecule has 6 rings (SSSR count). The van der Waals surface area contributed by atoms with Crippen LogP contribution in [-0.4, -0.2) is 98.2 Å². The predicted molar refractivity (Wildman–Crippen MR) is 151 cm³/mol. The molecule has 3 saturated heterocycles. The van der Waals surface area contributed by atoms with Crippen LogP contribution in [0.2, 0.25) is 0 Å². The van der Waals surface area contributed by atoms with Gasteiger partial charge in [-0.15, -0.1) is 0 Å². The minimum atomic E-state index is -1.01. The van der Waals surface area contributed by atoms with Crippen molar-refractivity contribution in [2.24, 2.45) is 5.73 Å². The lowest BCUT2D eigenvalue weighted by atomic mass is 10.1. The molecule has 1 aromatic carbocycles. The van der Waals surface area contributed by atoms with Gasteiger partial charge in [-0.05, 0) is 43.3 Å². The maximum absolute atomic E-state index is 14.0. The highest BCUT2D eigenvalue weighted by Gasteiger charge is 2.32. The van der Waals surface area contributed by atoms with E-state index in [1.807, 2.05) is 47.4 Å². The van der Waals surface area contributed by atoms with Crippen LogP contribution in [0.15, 0.2) is 48.7 Å². The maximum atomic E-state index is 14.0. The fourth-order valence-electron chi connectivity index (χ4n) is 6.05. The van der Waals surface area contributed by atoms with Crippen molar-refractivity contribution in [3.05, 3.63) is 54.2 Å². The van der Waals surface area contributed by atoms with E-state index in [1.54, 1.807) is 6.20 Å². The Kier molecular flexibility index (Phi) is 7.21. The number of anilines is 3. The van der Waals surface area contributed by atoms with Crippen molar-refractivity contribution in [1.82, 2.24) is 14.9 Å². The Hall–Kier alpha value is -3.52. The molecule has 0 amide bonds. The predicted octanol–water partition coefficient (Wildman–Crippen LogP) is 2.40. The van der Waals surface area contributed by atoms with E-state index in [0.29, 0.717) is 18.7 Å². The average Bonchev–Trinajstić information content (AvgIpc) is 3.30. The van der Waals surface area contributed by atoms with Crippen LogP contribution >= 0.6 is 0 Å². The van der Waals surface area contributed by atoms with Gasteiger partial charge in [0.15, 0.2) is 0 Å². The lowest BCUT2D eigenvalue weighted by molar-refractivity contribution is -0.0327. The van der Waals surface area contributed by atoms with Gasteiger partial charge in [-0.1, -0.05) is 6.07 Å². The molecule has 0 saturated carbocycles. The topological polar surface area (TPSA) is 97.8 Å². The minimum Gasteiger partial charge on any atom is -0.370 e. The second kappa shape index (κ2) is 10.9. The summed E-state index contributed by atoms with van der Waals surface area (Å²) in [5.41, 5.74) is 8.33. The van der Waals surface area contributed by atoms with E-state index in [4.69, 9.17) is 15.5 Å². The number of hydrogen-bond donors (Lipinski definition) is 1. The van der Waals surface area contributed by atoms with Crippen LogP contribution < -0.4 is 20.4 Å². The Morgan fingerprint density at radius 3 is 2.51 bits per heavy atom. The molecule has 0 bridgehead atoms. The lowest BCUT2D eigenvalue weighted by Gasteiger charge is -2.42. The summed E-state index contributed by atoms with van der Waals surface area (Å²) in [6.07, 6.45) is 0.913. The molecule has 4 atom stereocenters. The molecule has 2 aromatic heterocycles. The van der Waals surface area contributed by atoms with Gasteiger partial charge in [-0.25, -0.2) is 9.37 Å². The third kappa shape index (κ3) is 5.35. The Labute approximate surface area is 228 Å². The number of rotatable bonds is 5. The smallest absolute Gasteiger partial charge is 0.134 e. The second-order valence-electron chi connectivity index (χ2n) is 10.8. The Balaban J connectivity index is 1.08. The van der Waals surface area contributed by atoms with Crippen molar-refractivity contribution < 1.29 is 9.13 Å². The van der Waals surface area contributed by atoms with Crippen molar-refractivity contribution in [2.45, 2.75) is 31.3 Å². The van der Waals surface area contributed by atoms with Crippen LogP contribution in [0, 0.1) is 11.3 Å². The van der Waals surface area contributed by atoms with Crippen molar-refractivity contribution in [3.63, 3.8) is 0 Å². The largest absolute Gasteiger partial charge is 0.370 e. The first kappa shape index (κ1) is 25.7. The van der Waals surface area contributed by atoms with E-state index in [1.165, 1.54) is 0 Å². The molecule has 3 fully saturated rings. The van der Waals surface area contributed by atoms with Gasteiger partial charge < -0.3 is 25.2 Å². The third-order valence-corrected chi connectivity index (χ3v) is 8.03. The number of nitrogens with two attached hydrogens (primary N) is 1. The standard InChI is InChI=1S/C29H35FN8O/c1-20-15-37(26-8-7-21(14-31)29-23(26)4-3-9-33-29)17-22(39-20)16-35-10-12-36(13-11-35)27-5-2-6-28(34-27)38-18-24(30)25(32)19-38/h2-9,20,22,24-25H,10-13,15-19,32H2,1H3. The molecule has 3 aliphatic heterocycles. The molecule has 9 nitrogen and oxygen atoms in total. The summed E-state index contributed by atoms with van der Waals surface area (Å²) in [7, 11) is 0. The zero-order valence-electron chi connectivity index (χ0n) is 22.3. The molecule has 3 aromatic rings. The number of ether oxygens (including phenoxy) is 1. The van der Waals surface area contributed by atoms with Crippen molar-refractivity contribution in [3.8, 4) is 6.07 Å². The molecule has 2 N–H and O–H groups in total. The van der Waals surface area contributed by atoms with Gasteiger partial charge in [0.25, 0.3) is 0 Å². The van der Waals surface area contributed by atoms with Gasteiger partial charge in [0, 0.05) is 69.6 Å². The third-order valence-electron chi connectivity index (χ3n) is 8.03. The quantitative estimate of drug-likeness (QED) is 0.533. The highest BCUT2D eigenvalue weighted by Crippen LogP contribution is 2.30. The lowest BCUT2D eigenvalue weighted by Crippen LogP contribution is -2.54. The van der Waals surface area contributed by atoms with Gasteiger partial charge in [0.2, 0.25) is 0 Å². The summed E-state index contributed by atoms with van der Waals surface area (Å²) in [6.45, 7) is 8.96. The highest BCUT2D eigenvalue weighted by atomic mass is 19.1. The van der Waals surface area contributed by atoms with Gasteiger partial charge in [-0.2, -0.15) is 5.26 Å². The zero-order chi connectivity index (χ0) is 26.9. The Morgan fingerprint density at radius 2 is 1.77 bits per heavy atom. The molecule has 0 spiro atoms. The van der Waals surface area contributed by atoms with Crippen LogP contribution in [0.3, 0.4) is 0 Å². The molecule has 3 aliphatic rings. The second-order valence-corrected chi connectivity index (χ2v) is 10.8. The monoisotopic (exact) mass is 530 g/mol. The Bertz CT molecular complexity index is 1350. The molecule has 204 valence electrons. The molecular formula is C29H35FN8O.